The Kier molecular flexibility index (Phi) is 6.84. The summed E-state index contributed by atoms with van der Waals surface area (Å²) >= 11 is 1.33. The summed E-state index contributed by atoms with van der Waals surface area (Å²) in [4.78, 5) is 35.9. The van der Waals surface area contributed by atoms with Crippen LogP contribution < -0.4 is 21.7 Å². The molecule has 152 valence electrons. The van der Waals surface area contributed by atoms with Crippen LogP contribution in [0.4, 0.5) is 10.1 Å². The summed E-state index contributed by atoms with van der Waals surface area (Å²) in [7, 11) is 0. The second kappa shape index (κ2) is 9.53. The van der Waals surface area contributed by atoms with Crippen molar-refractivity contribution in [2.24, 2.45) is 5.73 Å². The number of hydrogen-bond donors (Lipinski definition) is 4. The maximum Gasteiger partial charge on any atom is 0.250 e. The molecular weight excluding hydrogens is 395 g/mol. The van der Waals surface area contributed by atoms with E-state index in [9.17, 15) is 18.8 Å². The number of amides is 3. The first kappa shape index (κ1) is 20.8. The molecule has 1 saturated heterocycles. The lowest BCUT2D eigenvalue weighted by Crippen LogP contribution is -2.55. The van der Waals surface area contributed by atoms with Crippen LogP contribution in [-0.4, -0.2) is 29.3 Å². The number of nitrogens with two attached hydrogens (primary N) is 1. The number of primary amides is 1. The molecule has 1 aliphatic rings. The van der Waals surface area contributed by atoms with Crippen LogP contribution >= 0.6 is 11.8 Å². The number of halogens is 1. The number of carbonyl (C=O) groups excluding carboxylic acids is 3. The molecule has 1 heterocycles. The molecule has 1 aliphatic heterocycles. The number of thioether (sulfide) groups is 1. The van der Waals surface area contributed by atoms with Crippen molar-refractivity contribution in [2.45, 2.75) is 30.1 Å². The molecule has 3 amide bonds. The van der Waals surface area contributed by atoms with Gasteiger partial charge in [-0.2, -0.15) is 0 Å². The van der Waals surface area contributed by atoms with Gasteiger partial charge in [0.05, 0.1) is 11.3 Å². The fourth-order valence-electron chi connectivity index (χ4n) is 2.99. The highest BCUT2D eigenvalue weighted by Gasteiger charge is 2.28. The Balaban J connectivity index is 1.56. The van der Waals surface area contributed by atoms with E-state index in [2.05, 4.69) is 16.0 Å². The third-order valence-electron chi connectivity index (χ3n) is 4.37. The number of nitrogens with one attached hydrogen (secondary N) is 3. The van der Waals surface area contributed by atoms with Gasteiger partial charge in [0, 0.05) is 24.6 Å². The third-order valence-corrected chi connectivity index (χ3v) is 5.44. The van der Waals surface area contributed by atoms with Crippen LogP contribution in [0.3, 0.4) is 0 Å². The predicted octanol–water partition coefficient (Wildman–Crippen LogP) is 1.95. The highest BCUT2D eigenvalue weighted by molar-refractivity contribution is 7.99. The zero-order valence-electron chi connectivity index (χ0n) is 15.5. The van der Waals surface area contributed by atoms with E-state index in [1.54, 1.807) is 36.4 Å². The molecule has 1 fully saturated rings. The van der Waals surface area contributed by atoms with Crippen molar-refractivity contribution in [3.8, 4) is 0 Å². The van der Waals surface area contributed by atoms with Crippen molar-refractivity contribution >= 4 is 35.2 Å². The van der Waals surface area contributed by atoms with Gasteiger partial charge < -0.3 is 16.4 Å². The van der Waals surface area contributed by atoms with E-state index in [0.29, 0.717) is 17.0 Å². The maximum absolute atomic E-state index is 13.8. The molecule has 0 radical (unpaired) electrons. The Labute approximate surface area is 171 Å². The first-order valence-corrected chi connectivity index (χ1v) is 10.1. The smallest absolute Gasteiger partial charge is 0.250 e. The summed E-state index contributed by atoms with van der Waals surface area (Å²) in [5.41, 5.74) is 5.96. The zero-order chi connectivity index (χ0) is 20.8. The number of para-hydroxylation sites is 1. The Morgan fingerprint density at radius 3 is 2.66 bits per heavy atom. The molecule has 0 aromatic heterocycles. The lowest BCUT2D eigenvalue weighted by atomic mass is 10.1. The summed E-state index contributed by atoms with van der Waals surface area (Å²) in [6.45, 7) is 0. The van der Waals surface area contributed by atoms with Crippen LogP contribution in [0.15, 0.2) is 48.5 Å². The molecule has 0 saturated carbocycles. The average molecular weight is 416 g/mol. The molecule has 2 atom stereocenters. The van der Waals surface area contributed by atoms with E-state index in [0.717, 1.165) is 0 Å². The number of carbonyl (C=O) groups is 3. The first-order valence-electron chi connectivity index (χ1n) is 9.01. The van der Waals surface area contributed by atoms with Crippen molar-refractivity contribution < 1.29 is 18.8 Å². The normalized spacial score (nSPS) is 18.7. The lowest BCUT2D eigenvalue weighted by Gasteiger charge is -2.31. The number of hydrogen-bond acceptors (Lipinski definition) is 5. The van der Waals surface area contributed by atoms with Gasteiger partial charge in [-0.1, -0.05) is 30.3 Å². The van der Waals surface area contributed by atoms with Crippen molar-refractivity contribution in [1.29, 1.82) is 0 Å². The van der Waals surface area contributed by atoms with Gasteiger partial charge in [0.25, 0.3) is 5.91 Å². The highest BCUT2D eigenvalue weighted by atomic mass is 32.2. The summed E-state index contributed by atoms with van der Waals surface area (Å²) < 4.78 is 13.8. The quantitative estimate of drug-likeness (QED) is 0.551. The fraction of sp³-hybridized carbons (Fsp3) is 0.250. The first-order chi connectivity index (χ1) is 13.9. The Morgan fingerprint density at radius 2 is 1.90 bits per heavy atom. The van der Waals surface area contributed by atoms with Gasteiger partial charge in [-0.3, -0.25) is 19.7 Å². The third kappa shape index (κ3) is 5.78. The van der Waals surface area contributed by atoms with Crippen LogP contribution in [-0.2, 0) is 15.3 Å². The Morgan fingerprint density at radius 1 is 1.17 bits per heavy atom. The van der Waals surface area contributed by atoms with E-state index >= 15 is 0 Å². The Bertz CT molecular complexity index is 924. The van der Waals surface area contributed by atoms with Gasteiger partial charge in [0.15, 0.2) is 0 Å². The molecular formula is C20H21FN4O3S. The van der Waals surface area contributed by atoms with Crippen LogP contribution in [0.5, 0.6) is 0 Å². The fourth-order valence-corrected chi connectivity index (χ4v) is 4.07. The molecule has 2 unspecified atom stereocenters. The van der Waals surface area contributed by atoms with Crippen molar-refractivity contribution in [1.82, 2.24) is 10.6 Å². The molecule has 2 aromatic rings. The summed E-state index contributed by atoms with van der Waals surface area (Å²) in [5.74, 6) is -1.10. The minimum absolute atomic E-state index is 0.0390. The molecule has 29 heavy (non-hydrogen) atoms. The molecule has 0 aliphatic carbocycles. The van der Waals surface area contributed by atoms with E-state index in [1.807, 2.05) is 0 Å². The molecule has 3 rings (SSSR count). The molecule has 0 bridgehead atoms. The molecule has 9 heteroatoms. The number of anilines is 1. The topological polar surface area (TPSA) is 113 Å². The van der Waals surface area contributed by atoms with Crippen LogP contribution in [0.1, 0.15) is 28.8 Å². The molecule has 5 N–H and O–H groups in total. The number of benzene rings is 2. The summed E-state index contributed by atoms with van der Waals surface area (Å²) in [6, 6.07) is 12.5. The van der Waals surface area contributed by atoms with Gasteiger partial charge in [-0.15, -0.1) is 11.8 Å². The SMILES string of the molecule is NC(=O)c1ccccc1NC(=O)CC1CC(=O)NC(SCc2ccccc2F)N1. The van der Waals surface area contributed by atoms with Crippen molar-refractivity contribution in [2.75, 3.05) is 5.32 Å². The maximum atomic E-state index is 13.8. The standard InChI is InChI=1S/C20H21FN4O3S/c21-15-7-3-1-5-12(15)11-29-20-23-13(10-18(27)25-20)9-17(26)24-16-8-4-2-6-14(16)19(22)28/h1-8,13,20,23H,9-11H2,(H2,22,28)(H,24,26)(H,25,27). The second-order valence-corrected chi connectivity index (χ2v) is 7.67. The van der Waals surface area contributed by atoms with Crippen molar-refractivity contribution in [3.05, 3.63) is 65.5 Å². The van der Waals surface area contributed by atoms with E-state index in [1.165, 1.54) is 23.9 Å². The van der Waals surface area contributed by atoms with Gasteiger partial charge in [0.2, 0.25) is 11.8 Å². The highest BCUT2D eigenvalue weighted by Crippen LogP contribution is 2.21. The minimum atomic E-state index is -0.638. The van der Waals surface area contributed by atoms with Gasteiger partial charge in [0.1, 0.15) is 11.3 Å². The summed E-state index contributed by atoms with van der Waals surface area (Å²) in [6.07, 6.45) is 0.179. The monoisotopic (exact) mass is 416 g/mol. The van der Waals surface area contributed by atoms with E-state index < -0.39 is 11.4 Å². The lowest BCUT2D eigenvalue weighted by molar-refractivity contribution is -0.124. The number of rotatable bonds is 7. The van der Waals surface area contributed by atoms with E-state index in [4.69, 9.17) is 5.73 Å². The molecule has 7 nitrogen and oxygen atoms in total. The zero-order valence-corrected chi connectivity index (χ0v) is 16.3. The molecule has 2 aromatic carbocycles. The van der Waals surface area contributed by atoms with Crippen LogP contribution in [0.25, 0.3) is 0 Å². The Hall–Kier alpha value is -2.91. The van der Waals surface area contributed by atoms with Gasteiger partial charge >= 0.3 is 0 Å². The molecule has 0 spiro atoms. The predicted molar refractivity (Wildman–Crippen MR) is 109 cm³/mol. The van der Waals surface area contributed by atoms with Crippen LogP contribution in [0, 0.1) is 5.82 Å². The minimum Gasteiger partial charge on any atom is -0.366 e. The second-order valence-electron chi connectivity index (χ2n) is 6.58. The average Bonchev–Trinajstić information content (AvgIpc) is 2.67. The van der Waals surface area contributed by atoms with Gasteiger partial charge in [-0.25, -0.2) is 4.39 Å². The summed E-state index contributed by atoms with van der Waals surface area (Å²) in [5, 5.41) is 8.63. The van der Waals surface area contributed by atoms with Crippen LogP contribution in [0.2, 0.25) is 0 Å². The van der Waals surface area contributed by atoms with Gasteiger partial charge in [-0.05, 0) is 23.8 Å². The van der Waals surface area contributed by atoms with E-state index in [-0.39, 0.29) is 42.1 Å². The van der Waals surface area contributed by atoms with Crippen molar-refractivity contribution in [3.63, 3.8) is 0 Å². The largest absolute Gasteiger partial charge is 0.366 e.